The maximum absolute atomic E-state index is 12.4. The molecule has 1 amide bonds. The molecule has 116 valence electrons. The number of nitrogens with one attached hydrogen (secondary N) is 1. The smallest absolute Gasteiger partial charge is 0.252 e. The molecule has 0 aliphatic carbocycles. The molecule has 5 heteroatoms. The van der Waals surface area contributed by atoms with Gasteiger partial charge in [-0.15, -0.1) is 0 Å². The van der Waals surface area contributed by atoms with E-state index in [2.05, 4.69) is 5.32 Å². The van der Waals surface area contributed by atoms with E-state index in [-0.39, 0.29) is 17.7 Å². The number of carbonyl (C=O) groups excluding carboxylic acids is 1. The summed E-state index contributed by atoms with van der Waals surface area (Å²) in [5.41, 5.74) is 8.43. The quantitative estimate of drug-likeness (QED) is 0.758. The second kappa shape index (κ2) is 6.39. The number of hydrogen-bond donors (Lipinski definition) is 3. The highest BCUT2D eigenvalue weighted by Gasteiger charge is 2.15. The Morgan fingerprint density at radius 2 is 2.00 bits per heavy atom. The maximum atomic E-state index is 12.4. The Kier molecular flexibility index (Phi) is 4.56. The minimum absolute atomic E-state index is 0.0931. The van der Waals surface area contributed by atoms with E-state index < -0.39 is 0 Å². The van der Waals surface area contributed by atoms with Gasteiger partial charge in [0.2, 0.25) is 0 Å². The van der Waals surface area contributed by atoms with Gasteiger partial charge in [0.05, 0.1) is 13.2 Å². The number of carbonyl (C=O) groups is 1. The third-order valence-corrected chi connectivity index (χ3v) is 3.50. The number of hydrogen-bond acceptors (Lipinski definition) is 4. The summed E-state index contributed by atoms with van der Waals surface area (Å²) >= 11 is 0. The van der Waals surface area contributed by atoms with Gasteiger partial charge in [0, 0.05) is 17.3 Å². The summed E-state index contributed by atoms with van der Waals surface area (Å²) in [6, 6.07) is 9.83. The van der Waals surface area contributed by atoms with Crippen LogP contribution >= 0.6 is 0 Å². The maximum Gasteiger partial charge on any atom is 0.252 e. The van der Waals surface area contributed by atoms with Crippen LogP contribution in [0.5, 0.6) is 11.5 Å². The third-order valence-electron chi connectivity index (χ3n) is 3.50. The van der Waals surface area contributed by atoms with Crippen LogP contribution in [0.3, 0.4) is 0 Å². The number of phenolic OH excluding ortho intramolecular Hbond substituents is 1. The van der Waals surface area contributed by atoms with Crippen molar-refractivity contribution in [1.82, 2.24) is 5.32 Å². The highest BCUT2D eigenvalue weighted by Crippen LogP contribution is 2.26. The van der Waals surface area contributed by atoms with E-state index in [4.69, 9.17) is 10.5 Å². The van der Waals surface area contributed by atoms with E-state index in [9.17, 15) is 9.90 Å². The van der Waals surface area contributed by atoms with Crippen LogP contribution in [-0.2, 0) is 0 Å². The number of benzene rings is 2. The summed E-state index contributed by atoms with van der Waals surface area (Å²) in [5.74, 6) is 0.423. The second-order valence-electron chi connectivity index (χ2n) is 5.23. The zero-order valence-corrected chi connectivity index (χ0v) is 12.9. The van der Waals surface area contributed by atoms with Crippen LogP contribution in [0, 0.1) is 6.92 Å². The number of amides is 1. The minimum Gasteiger partial charge on any atom is -0.508 e. The van der Waals surface area contributed by atoms with Gasteiger partial charge in [-0.05, 0) is 49.2 Å². The van der Waals surface area contributed by atoms with Crippen molar-refractivity contribution in [3.63, 3.8) is 0 Å². The van der Waals surface area contributed by atoms with E-state index >= 15 is 0 Å². The molecule has 0 fully saturated rings. The van der Waals surface area contributed by atoms with Gasteiger partial charge < -0.3 is 20.9 Å². The van der Waals surface area contributed by atoms with Crippen LogP contribution in [-0.4, -0.2) is 18.1 Å². The number of methoxy groups -OCH3 is 1. The standard InChI is InChI=1S/C17H20N2O3/c1-10-4-5-13(18)8-16(10)17(21)19-11(2)12-6-14(20)9-15(7-12)22-3/h4-9,11,20H,18H2,1-3H3,(H,19,21). The molecule has 4 N–H and O–H groups in total. The highest BCUT2D eigenvalue weighted by molar-refractivity contribution is 5.96. The number of aryl methyl sites for hydroxylation is 1. The lowest BCUT2D eigenvalue weighted by Gasteiger charge is -2.17. The fourth-order valence-electron chi connectivity index (χ4n) is 2.22. The third kappa shape index (κ3) is 3.49. The second-order valence-corrected chi connectivity index (χ2v) is 5.23. The molecule has 0 aliphatic rings. The summed E-state index contributed by atoms with van der Waals surface area (Å²) < 4.78 is 5.12. The molecule has 0 saturated carbocycles. The Morgan fingerprint density at radius 1 is 1.27 bits per heavy atom. The number of ether oxygens (including phenoxy) is 1. The van der Waals surface area contributed by atoms with Crippen molar-refractivity contribution in [2.45, 2.75) is 19.9 Å². The molecule has 1 unspecified atom stereocenters. The topological polar surface area (TPSA) is 84.6 Å². The van der Waals surface area contributed by atoms with Crippen LogP contribution in [0.4, 0.5) is 5.69 Å². The lowest BCUT2D eigenvalue weighted by Crippen LogP contribution is -2.27. The molecule has 22 heavy (non-hydrogen) atoms. The minimum atomic E-state index is -0.283. The fourth-order valence-corrected chi connectivity index (χ4v) is 2.22. The number of aromatic hydroxyl groups is 1. The number of nitrogens with two attached hydrogens (primary N) is 1. The molecule has 0 spiro atoms. The molecule has 0 radical (unpaired) electrons. The van der Waals surface area contributed by atoms with Gasteiger partial charge in [0.25, 0.3) is 5.91 Å². The van der Waals surface area contributed by atoms with E-state index in [1.165, 1.54) is 13.2 Å². The molecule has 2 aromatic rings. The fraction of sp³-hybridized carbons (Fsp3) is 0.235. The van der Waals surface area contributed by atoms with Crippen LogP contribution in [0.2, 0.25) is 0 Å². The normalized spacial score (nSPS) is 11.8. The molecule has 0 bridgehead atoms. The van der Waals surface area contributed by atoms with Gasteiger partial charge in [-0.1, -0.05) is 6.07 Å². The monoisotopic (exact) mass is 300 g/mol. The molecule has 0 aromatic heterocycles. The zero-order chi connectivity index (χ0) is 16.3. The number of phenols is 1. The Labute approximate surface area is 129 Å². The SMILES string of the molecule is COc1cc(O)cc(C(C)NC(=O)c2cc(N)ccc2C)c1. The van der Waals surface area contributed by atoms with E-state index in [1.807, 2.05) is 19.9 Å². The van der Waals surface area contributed by atoms with Crippen molar-refractivity contribution in [3.8, 4) is 11.5 Å². The lowest BCUT2D eigenvalue weighted by molar-refractivity contribution is 0.0939. The van der Waals surface area contributed by atoms with Crippen molar-refractivity contribution < 1.29 is 14.6 Å². The van der Waals surface area contributed by atoms with Gasteiger partial charge >= 0.3 is 0 Å². The molecule has 0 heterocycles. The summed E-state index contributed by atoms with van der Waals surface area (Å²) in [7, 11) is 1.53. The van der Waals surface area contributed by atoms with E-state index in [0.29, 0.717) is 17.0 Å². The number of anilines is 1. The molecule has 5 nitrogen and oxygen atoms in total. The van der Waals surface area contributed by atoms with Gasteiger partial charge in [-0.25, -0.2) is 0 Å². The first-order valence-electron chi connectivity index (χ1n) is 6.95. The Balaban J connectivity index is 2.21. The Hall–Kier alpha value is -2.69. The lowest BCUT2D eigenvalue weighted by atomic mass is 10.0. The largest absolute Gasteiger partial charge is 0.508 e. The average Bonchev–Trinajstić information content (AvgIpc) is 2.48. The van der Waals surface area contributed by atoms with Gasteiger partial charge in [-0.2, -0.15) is 0 Å². The van der Waals surface area contributed by atoms with Gasteiger partial charge in [-0.3, -0.25) is 4.79 Å². The van der Waals surface area contributed by atoms with Gasteiger partial charge in [0.15, 0.2) is 0 Å². The van der Waals surface area contributed by atoms with E-state index in [0.717, 1.165) is 11.1 Å². The van der Waals surface area contributed by atoms with Crippen LogP contribution in [0.25, 0.3) is 0 Å². The first-order chi connectivity index (χ1) is 10.4. The van der Waals surface area contributed by atoms with Crippen molar-refractivity contribution >= 4 is 11.6 Å². The number of nitrogen functional groups attached to an aromatic ring is 1. The van der Waals surface area contributed by atoms with Gasteiger partial charge in [0.1, 0.15) is 11.5 Å². The van der Waals surface area contributed by atoms with E-state index in [1.54, 1.807) is 24.3 Å². The Bertz CT molecular complexity index is 698. The summed E-state index contributed by atoms with van der Waals surface area (Å²) in [6.07, 6.45) is 0. The van der Waals surface area contributed by atoms with Crippen molar-refractivity contribution in [2.75, 3.05) is 12.8 Å². The van der Waals surface area contributed by atoms with Crippen LogP contribution in [0.15, 0.2) is 36.4 Å². The summed E-state index contributed by atoms with van der Waals surface area (Å²) in [6.45, 7) is 3.70. The number of rotatable bonds is 4. The first kappa shape index (κ1) is 15.7. The first-order valence-corrected chi connectivity index (χ1v) is 6.95. The molecule has 0 aliphatic heterocycles. The molecule has 2 aromatic carbocycles. The molecular weight excluding hydrogens is 280 g/mol. The summed E-state index contributed by atoms with van der Waals surface area (Å²) in [5, 5.41) is 12.6. The van der Waals surface area contributed by atoms with Crippen molar-refractivity contribution in [2.24, 2.45) is 0 Å². The Morgan fingerprint density at radius 3 is 2.68 bits per heavy atom. The molecule has 0 saturated heterocycles. The zero-order valence-electron chi connectivity index (χ0n) is 12.9. The molecular formula is C17H20N2O3. The predicted molar refractivity (Wildman–Crippen MR) is 86.1 cm³/mol. The van der Waals surface area contributed by atoms with Crippen molar-refractivity contribution in [3.05, 3.63) is 53.1 Å². The highest BCUT2D eigenvalue weighted by atomic mass is 16.5. The predicted octanol–water partition coefficient (Wildman–Crippen LogP) is 2.78. The average molecular weight is 300 g/mol. The molecule has 2 rings (SSSR count). The van der Waals surface area contributed by atoms with Crippen LogP contribution < -0.4 is 15.8 Å². The van der Waals surface area contributed by atoms with Crippen molar-refractivity contribution in [1.29, 1.82) is 0 Å². The summed E-state index contributed by atoms with van der Waals surface area (Å²) in [4.78, 5) is 12.4. The van der Waals surface area contributed by atoms with Crippen LogP contribution in [0.1, 0.15) is 34.5 Å². The molecule has 1 atom stereocenters.